The third kappa shape index (κ3) is 3.94. The number of piperidine rings is 1. The van der Waals surface area contributed by atoms with Gasteiger partial charge >= 0.3 is 5.97 Å². The number of carbonyl (C=O) groups is 2. The first-order valence-corrected chi connectivity index (χ1v) is 7.52. The average Bonchev–Trinajstić information content (AvgIpc) is 2.82. The van der Waals surface area contributed by atoms with Gasteiger partial charge in [-0.15, -0.1) is 11.3 Å². The Kier molecular flexibility index (Phi) is 4.82. The largest absolute Gasteiger partial charge is 0.481 e. The maximum atomic E-state index is 12.3. The van der Waals surface area contributed by atoms with Crippen molar-refractivity contribution in [1.82, 2.24) is 4.90 Å². The molecular formula is C13H16ClNO3S. The van der Waals surface area contributed by atoms with Crippen LogP contribution in [0.4, 0.5) is 0 Å². The predicted octanol–water partition coefficient (Wildman–Crippen LogP) is 3.12. The molecule has 0 saturated carbocycles. The summed E-state index contributed by atoms with van der Waals surface area (Å²) in [7, 11) is 0. The molecule has 2 heterocycles. The Morgan fingerprint density at radius 3 is 2.89 bits per heavy atom. The van der Waals surface area contributed by atoms with E-state index in [0.717, 1.165) is 19.4 Å². The zero-order chi connectivity index (χ0) is 13.8. The number of amides is 1. The summed E-state index contributed by atoms with van der Waals surface area (Å²) in [5, 5.41) is 8.71. The highest BCUT2D eigenvalue weighted by molar-refractivity contribution is 7.17. The van der Waals surface area contributed by atoms with E-state index in [-0.39, 0.29) is 12.3 Å². The number of likely N-dealkylation sites (tertiary alicyclic amines) is 1. The van der Waals surface area contributed by atoms with Gasteiger partial charge in [-0.2, -0.15) is 0 Å². The van der Waals surface area contributed by atoms with Crippen molar-refractivity contribution in [2.75, 3.05) is 13.1 Å². The van der Waals surface area contributed by atoms with Crippen molar-refractivity contribution in [2.45, 2.75) is 25.7 Å². The number of carboxylic acids is 1. The van der Waals surface area contributed by atoms with E-state index in [1.807, 2.05) is 4.90 Å². The van der Waals surface area contributed by atoms with Gasteiger partial charge in [-0.3, -0.25) is 9.59 Å². The number of carbonyl (C=O) groups excluding carboxylic acids is 1. The minimum Gasteiger partial charge on any atom is -0.481 e. The number of hydrogen-bond donors (Lipinski definition) is 1. The summed E-state index contributed by atoms with van der Waals surface area (Å²) in [6, 6.07) is 3.47. The second-order valence-corrected chi connectivity index (χ2v) is 6.51. The second-order valence-electron chi connectivity index (χ2n) is 4.80. The van der Waals surface area contributed by atoms with E-state index in [1.165, 1.54) is 11.3 Å². The molecule has 19 heavy (non-hydrogen) atoms. The Hall–Kier alpha value is -1.07. The van der Waals surface area contributed by atoms with Gasteiger partial charge in [-0.25, -0.2) is 0 Å². The van der Waals surface area contributed by atoms with Crippen LogP contribution in [0, 0.1) is 5.92 Å². The Labute approximate surface area is 121 Å². The number of halogens is 1. The minimum absolute atomic E-state index is 0.0110. The molecule has 1 aliphatic heterocycles. The molecule has 4 nitrogen and oxygen atoms in total. The molecule has 0 radical (unpaired) electrons. The Bertz CT molecular complexity index is 474. The van der Waals surface area contributed by atoms with Gasteiger partial charge in [0.25, 0.3) is 5.91 Å². The molecule has 6 heteroatoms. The minimum atomic E-state index is -0.770. The lowest BCUT2D eigenvalue weighted by atomic mass is 9.93. The fourth-order valence-corrected chi connectivity index (χ4v) is 3.41. The zero-order valence-electron chi connectivity index (χ0n) is 10.5. The lowest BCUT2D eigenvalue weighted by Crippen LogP contribution is -2.39. The summed E-state index contributed by atoms with van der Waals surface area (Å²) >= 11 is 7.13. The van der Waals surface area contributed by atoms with Gasteiger partial charge in [0.2, 0.25) is 0 Å². The van der Waals surface area contributed by atoms with Crippen LogP contribution in [0.25, 0.3) is 0 Å². The molecule has 104 valence electrons. The topological polar surface area (TPSA) is 57.6 Å². The van der Waals surface area contributed by atoms with Crippen molar-refractivity contribution in [3.63, 3.8) is 0 Å². The quantitative estimate of drug-likeness (QED) is 0.929. The molecule has 0 aliphatic carbocycles. The fourth-order valence-electron chi connectivity index (χ4n) is 2.40. The fraction of sp³-hybridized carbons (Fsp3) is 0.538. The molecule has 0 aromatic carbocycles. The van der Waals surface area contributed by atoms with Crippen molar-refractivity contribution in [3.05, 3.63) is 21.3 Å². The van der Waals surface area contributed by atoms with Gasteiger partial charge in [0.15, 0.2) is 0 Å². The molecule has 2 rings (SSSR count). The molecule has 1 aromatic rings. The molecule has 1 fully saturated rings. The summed E-state index contributed by atoms with van der Waals surface area (Å²) < 4.78 is 0.614. The molecule has 0 unspecified atom stereocenters. The molecule has 1 saturated heterocycles. The predicted molar refractivity (Wildman–Crippen MR) is 74.8 cm³/mol. The van der Waals surface area contributed by atoms with Crippen molar-refractivity contribution in [2.24, 2.45) is 5.92 Å². The van der Waals surface area contributed by atoms with Crippen LogP contribution in [-0.2, 0) is 4.79 Å². The molecule has 1 atom stereocenters. The second kappa shape index (κ2) is 6.39. The Balaban J connectivity index is 1.93. The van der Waals surface area contributed by atoms with Gasteiger partial charge < -0.3 is 10.0 Å². The molecule has 1 aromatic heterocycles. The molecule has 0 bridgehead atoms. The lowest BCUT2D eigenvalue weighted by Gasteiger charge is -2.32. The summed E-state index contributed by atoms with van der Waals surface area (Å²) in [6.07, 6.45) is 2.76. The van der Waals surface area contributed by atoms with Crippen LogP contribution in [-0.4, -0.2) is 35.0 Å². The third-order valence-electron chi connectivity index (χ3n) is 3.36. The zero-order valence-corrected chi connectivity index (χ0v) is 12.0. The summed E-state index contributed by atoms with van der Waals surface area (Å²) in [5.74, 6) is -0.463. The van der Waals surface area contributed by atoms with Crippen molar-refractivity contribution < 1.29 is 14.7 Å². The average molecular weight is 302 g/mol. The van der Waals surface area contributed by atoms with E-state index < -0.39 is 5.97 Å². The Morgan fingerprint density at radius 2 is 2.26 bits per heavy atom. The SMILES string of the molecule is O=C(O)CC[C@H]1CCCN(C(=O)c2ccc(Cl)s2)C1. The maximum absolute atomic E-state index is 12.3. The highest BCUT2D eigenvalue weighted by Gasteiger charge is 2.25. The number of thiophene rings is 1. The van der Waals surface area contributed by atoms with Crippen LogP contribution < -0.4 is 0 Å². The van der Waals surface area contributed by atoms with Crippen LogP contribution in [0.5, 0.6) is 0 Å². The third-order valence-corrected chi connectivity index (χ3v) is 4.58. The summed E-state index contributed by atoms with van der Waals surface area (Å²) in [6.45, 7) is 1.40. The molecule has 1 amide bonds. The number of aliphatic carboxylic acids is 1. The summed E-state index contributed by atoms with van der Waals surface area (Å²) in [5.41, 5.74) is 0. The van der Waals surface area contributed by atoms with Crippen LogP contribution in [0.3, 0.4) is 0 Å². The van der Waals surface area contributed by atoms with E-state index >= 15 is 0 Å². The normalized spacial score (nSPS) is 19.4. The van der Waals surface area contributed by atoms with Crippen molar-refractivity contribution >= 4 is 34.8 Å². The molecule has 1 aliphatic rings. The molecular weight excluding hydrogens is 286 g/mol. The maximum Gasteiger partial charge on any atom is 0.303 e. The number of carboxylic acid groups (broad SMARTS) is 1. The van der Waals surface area contributed by atoms with E-state index in [0.29, 0.717) is 28.1 Å². The van der Waals surface area contributed by atoms with Gasteiger partial charge in [0, 0.05) is 19.5 Å². The molecule has 1 N–H and O–H groups in total. The van der Waals surface area contributed by atoms with Gasteiger partial charge in [0.1, 0.15) is 0 Å². The summed E-state index contributed by atoms with van der Waals surface area (Å²) in [4.78, 5) is 25.3. The smallest absolute Gasteiger partial charge is 0.303 e. The van der Waals surface area contributed by atoms with E-state index in [1.54, 1.807) is 12.1 Å². The van der Waals surface area contributed by atoms with Crippen molar-refractivity contribution in [3.8, 4) is 0 Å². The Morgan fingerprint density at radius 1 is 1.47 bits per heavy atom. The first kappa shape index (κ1) is 14.3. The van der Waals surface area contributed by atoms with Crippen molar-refractivity contribution in [1.29, 1.82) is 0 Å². The van der Waals surface area contributed by atoms with Crippen LogP contribution in [0.2, 0.25) is 4.34 Å². The van der Waals surface area contributed by atoms with E-state index in [4.69, 9.17) is 16.7 Å². The van der Waals surface area contributed by atoms with Gasteiger partial charge in [-0.05, 0) is 37.3 Å². The van der Waals surface area contributed by atoms with Gasteiger partial charge in [0.05, 0.1) is 9.21 Å². The highest BCUT2D eigenvalue weighted by Crippen LogP contribution is 2.26. The monoisotopic (exact) mass is 301 g/mol. The van der Waals surface area contributed by atoms with E-state index in [2.05, 4.69) is 0 Å². The lowest BCUT2D eigenvalue weighted by molar-refractivity contribution is -0.137. The highest BCUT2D eigenvalue weighted by atomic mass is 35.5. The van der Waals surface area contributed by atoms with E-state index in [9.17, 15) is 9.59 Å². The number of nitrogens with zero attached hydrogens (tertiary/aromatic N) is 1. The first-order valence-electron chi connectivity index (χ1n) is 6.32. The van der Waals surface area contributed by atoms with Gasteiger partial charge in [-0.1, -0.05) is 11.6 Å². The van der Waals surface area contributed by atoms with Crippen LogP contribution >= 0.6 is 22.9 Å². The van der Waals surface area contributed by atoms with Crippen LogP contribution in [0.15, 0.2) is 12.1 Å². The first-order chi connectivity index (χ1) is 9.06. The van der Waals surface area contributed by atoms with Crippen LogP contribution in [0.1, 0.15) is 35.4 Å². The number of hydrogen-bond acceptors (Lipinski definition) is 3. The standard InChI is InChI=1S/C13H16ClNO3S/c14-11-5-4-10(19-11)13(18)15-7-1-2-9(8-15)3-6-12(16)17/h4-5,9H,1-3,6-8H2,(H,16,17)/t9-/m1/s1. The molecule has 0 spiro atoms. The number of rotatable bonds is 4.